The number of carboxylic acids is 1. The molecule has 7 heteroatoms. The highest BCUT2D eigenvalue weighted by Crippen LogP contribution is 2.01. The third kappa shape index (κ3) is 5.85. The van der Waals surface area contributed by atoms with Gasteiger partial charge in [0, 0.05) is 0 Å². The Hall–Kier alpha value is -1.37. The zero-order valence-corrected chi connectivity index (χ0v) is 6.96. The molecule has 76 valence electrons. The monoisotopic (exact) mass is 192 g/mol. The predicted octanol–water partition coefficient (Wildman–Crippen LogP) is -1.04. The lowest BCUT2D eigenvalue weighted by atomic mass is 10.1. The number of halogens is 1. The largest absolute Gasteiger partial charge is 0.480 e. The molecule has 6 nitrogen and oxygen atoms in total. The summed E-state index contributed by atoms with van der Waals surface area (Å²) in [5, 5.41) is 17.0. The third-order valence-corrected chi connectivity index (χ3v) is 1.36. The summed E-state index contributed by atoms with van der Waals surface area (Å²) in [5.74, 6) is -1.66. The van der Waals surface area contributed by atoms with Gasteiger partial charge in [-0.1, -0.05) is 0 Å². The first-order chi connectivity index (χ1) is 5.93. The van der Waals surface area contributed by atoms with Crippen molar-refractivity contribution in [1.82, 2.24) is 5.32 Å². The molecule has 0 aliphatic carbocycles. The van der Waals surface area contributed by atoms with Crippen LogP contribution in [0.5, 0.6) is 0 Å². The second kappa shape index (κ2) is 5.31. The minimum atomic E-state index is -1.53. The van der Waals surface area contributed by atoms with Gasteiger partial charge in [-0.15, -0.1) is 0 Å². The third-order valence-electron chi connectivity index (χ3n) is 1.36. The highest BCUT2D eigenvalue weighted by Gasteiger charge is 2.14. The molecule has 2 atom stereocenters. The molecular weight excluding hydrogens is 179 g/mol. The first kappa shape index (κ1) is 11.6. The molecule has 0 aromatic heterocycles. The lowest BCUT2D eigenvalue weighted by molar-refractivity contribution is -0.138. The van der Waals surface area contributed by atoms with Crippen LogP contribution < -0.4 is 16.8 Å². The Labute approximate surface area is 74.6 Å². The fourth-order valence-corrected chi connectivity index (χ4v) is 0.690. The van der Waals surface area contributed by atoms with Gasteiger partial charge in [-0.2, -0.15) is 0 Å². The first-order valence-electron chi connectivity index (χ1n) is 3.66. The van der Waals surface area contributed by atoms with Crippen molar-refractivity contribution in [3.8, 4) is 0 Å². The molecule has 0 rings (SSSR count). The van der Waals surface area contributed by atoms with Gasteiger partial charge in [-0.3, -0.25) is 10.2 Å². The lowest BCUT2D eigenvalue weighted by Crippen LogP contribution is -2.38. The fourth-order valence-electron chi connectivity index (χ4n) is 0.690. The molecule has 0 heterocycles. The molecule has 1 unspecified atom stereocenters. The number of hydrogen-bond acceptors (Lipinski definition) is 3. The van der Waals surface area contributed by atoms with Gasteiger partial charge < -0.3 is 21.9 Å². The van der Waals surface area contributed by atoms with Crippen LogP contribution in [0.4, 0.5) is 4.39 Å². The van der Waals surface area contributed by atoms with Gasteiger partial charge in [-0.05, 0) is 12.8 Å². The SMILES string of the molecule is N=C(N)NC(F)CC[C@H](N)C(=O)O. The summed E-state index contributed by atoms with van der Waals surface area (Å²) < 4.78 is 12.7. The van der Waals surface area contributed by atoms with Gasteiger partial charge >= 0.3 is 5.97 Å². The van der Waals surface area contributed by atoms with Crippen LogP contribution in [0.2, 0.25) is 0 Å². The molecule has 0 aromatic rings. The zero-order valence-electron chi connectivity index (χ0n) is 6.96. The van der Waals surface area contributed by atoms with E-state index in [-0.39, 0.29) is 12.8 Å². The molecule has 0 bridgehead atoms. The summed E-state index contributed by atoms with van der Waals surface area (Å²) in [6.45, 7) is 0. The number of rotatable bonds is 5. The van der Waals surface area contributed by atoms with Crippen molar-refractivity contribution >= 4 is 11.9 Å². The minimum absolute atomic E-state index is 0.00319. The quantitative estimate of drug-likeness (QED) is 0.216. The highest BCUT2D eigenvalue weighted by atomic mass is 19.1. The molecule has 0 saturated heterocycles. The van der Waals surface area contributed by atoms with Gasteiger partial charge in [-0.25, -0.2) is 4.39 Å². The molecule has 0 aliphatic heterocycles. The van der Waals surface area contributed by atoms with E-state index in [9.17, 15) is 9.18 Å². The van der Waals surface area contributed by atoms with E-state index in [1.807, 2.05) is 5.32 Å². The Balaban J connectivity index is 3.63. The van der Waals surface area contributed by atoms with Crippen molar-refractivity contribution in [3.05, 3.63) is 0 Å². The van der Waals surface area contributed by atoms with E-state index in [2.05, 4.69) is 0 Å². The summed E-state index contributed by atoms with van der Waals surface area (Å²) >= 11 is 0. The molecule has 0 aliphatic rings. The lowest BCUT2D eigenvalue weighted by Gasteiger charge is -2.11. The smallest absolute Gasteiger partial charge is 0.320 e. The van der Waals surface area contributed by atoms with E-state index in [0.717, 1.165) is 0 Å². The second-order valence-electron chi connectivity index (χ2n) is 2.55. The van der Waals surface area contributed by atoms with Crippen LogP contribution >= 0.6 is 0 Å². The van der Waals surface area contributed by atoms with Gasteiger partial charge in [0.1, 0.15) is 6.04 Å². The van der Waals surface area contributed by atoms with Crippen LogP contribution in [-0.2, 0) is 4.79 Å². The number of nitrogens with two attached hydrogens (primary N) is 2. The van der Waals surface area contributed by atoms with Gasteiger partial charge in [0.15, 0.2) is 12.3 Å². The Morgan fingerprint density at radius 2 is 2.15 bits per heavy atom. The van der Waals surface area contributed by atoms with Crippen molar-refractivity contribution in [2.24, 2.45) is 11.5 Å². The molecule has 0 amide bonds. The topological polar surface area (TPSA) is 125 Å². The molecule has 0 spiro atoms. The standard InChI is InChI=1S/C6H13FN4O2/c7-4(11-6(9)10)2-1-3(8)5(12)13/h3-4H,1-2,8H2,(H,12,13)(H4,9,10,11)/t3-,4?/m0/s1. The number of carbonyl (C=O) groups is 1. The Morgan fingerprint density at radius 1 is 1.62 bits per heavy atom. The fraction of sp³-hybridized carbons (Fsp3) is 0.667. The predicted molar refractivity (Wildman–Crippen MR) is 44.8 cm³/mol. The van der Waals surface area contributed by atoms with Crippen molar-refractivity contribution in [1.29, 1.82) is 5.41 Å². The van der Waals surface area contributed by atoms with Crippen molar-refractivity contribution in [2.75, 3.05) is 0 Å². The molecule has 7 N–H and O–H groups in total. The van der Waals surface area contributed by atoms with E-state index < -0.39 is 24.3 Å². The molecule has 0 aromatic carbocycles. The molecule has 0 fully saturated rings. The van der Waals surface area contributed by atoms with Crippen LogP contribution in [0.15, 0.2) is 0 Å². The van der Waals surface area contributed by atoms with Crippen molar-refractivity contribution < 1.29 is 14.3 Å². The van der Waals surface area contributed by atoms with Gasteiger partial charge in [0.25, 0.3) is 0 Å². The van der Waals surface area contributed by atoms with E-state index in [1.165, 1.54) is 0 Å². The van der Waals surface area contributed by atoms with E-state index in [4.69, 9.17) is 22.0 Å². The van der Waals surface area contributed by atoms with Crippen LogP contribution in [0.3, 0.4) is 0 Å². The molecule has 13 heavy (non-hydrogen) atoms. The van der Waals surface area contributed by atoms with Crippen LogP contribution in [-0.4, -0.2) is 29.4 Å². The summed E-state index contributed by atoms with van der Waals surface area (Å²) in [4.78, 5) is 10.2. The van der Waals surface area contributed by atoms with E-state index in [0.29, 0.717) is 0 Å². The average molecular weight is 192 g/mol. The summed E-state index contributed by atoms with van der Waals surface area (Å²) in [5.41, 5.74) is 9.96. The van der Waals surface area contributed by atoms with Crippen LogP contribution in [0, 0.1) is 5.41 Å². The Kier molecular flexibility index (Phi) is 4.75. The first-order valence-corrected chi connectivity index (χ1v) is 3.66. The Morgan fingerprint density at radius 3 is 2.54 bits per heavy atom. The maximum atomic E-state index is 12.7. The van der Waals surface area contributed by atoms with Gasteiger partial charge in [0.2, 0.25) is 0 Å². The average Bonchev–Trinajstić information content (AvgIpc) is 1.98. The van der Waals surface area contributed by atoms with Gasteiger partial charge in [0.05, 0.1) is 0 Å². The summed E-state index contributed by atoms with van der Waals surface area (Å²) in [7, 11) is 0. The second-order valence-corrected chi connectivity index (χ2v) is 2.55. The van der Waals surface area contributed by atoms with E-state index >= 15 is 0 Å². The number of hydrogen-bond donors (Lipinski definition) is 5. The Bertz CT molecular complexity index is 199. The summed E-state index contributed by atoms with van der Waals surface area (Å²) in [6, 6.07) is -1.08. The maximum absolute atomic E-state index is 12.7. The highest BCUT2D eigenvalue weighted by molar-refractivity contribution is 5.74. The molecule has 0 saturated carbocycles. The number of aliphatic carboxylic acids is 1. The molecular formula is C6H13FN4O2. The number of guanidine groups is 1. The van der Waals surface area contributed by atoms with E-state index in [1.54, 1.807) is 0 Å². The van der Waals surface area contributed by atoms with Crippen molar-refractivity contribution in [3.63, 3.8) is 0 Å². The zero-order chi connectivity index (χ0) is 10.4. The normalized spacial score (nSPS) is 14.6. The molecule has 0 radical (unpaired) electrons. The number of nitrogens with one attached hydrogen (secondary N) is 2. The van der Waals surface area contributed by atoms with Crippen molar-refractivity contribution in [2.45, 2.75) is 25.2 Å². The summed E-state index contributed by atoms with van der Waals surface area (Å²) in [6.07, 6.45) is -1.62. The van der Waals surface area contributed by atoms with Crippen LogP contribution in [0.1, 0.15) is 12.8 Å². The minimum Gasteiger partial charge on any atom is -0.480 e. The van der Waals surface area contributed by atoms with Crippen LogP contribution in [0.25, 0.3) is 0 Å². The number of alkyl halides is 1. The number of carboxylic acid groups (broad SMARTS) is 1. The maximum Gasteiger partial charge on any atom is 0.320 e.